The summed E-state index contributed by atoms with van der Waals surface area (Å²) in [5.74, 6) is 1.37. The molecule has 6 aliphatic rings. The van der Waals surface area contributed by atoms with Crippen molar-refractivity contribution in [1.82, 2.24) is 4.90 Å². The molecule has 54 heavy (non-hydrogen) atoms. The Balaban J connectivity index is 1.16. The Labute approximate surface area is 326 Å². The quantitative estimate of drug-likeness (QED) is 0.166. The average molecular weight is 756 g/mol. The van der Waals surface area contributed by atoms with Gasteiger partial charge >= 0.3 is 17.9 Å². The van der Waals surface area contributed by atoms with E-state index in [1.54, 1.807) is 6.92 Å². The number of esters is 2. The number of rotatable bonds is 11. The van der Waals surface area contributed by atoms with Crippen LogP contribution in [-0.2, 0) is 23.9 Å². The lowest BCUT2D eigenvalue weighted by molar-refractivity contribution is -0.251. The second kappa shape index (κ2) is 14.5. The van der Waals surface area contributed by atoms with Crippen molar-refractivity contribution < 1.29 is 33.4 Å². The van der Waals surface area contributed by atoms with Crippen LogP contribution in [0.25, 0.3) is 0 Å². The number of carbonyl (C=O) groups is 3. The van der Waals surface area contributed by atoms with Gasteiger partial charge in [-0.15, -0.1) is 0 Å². The van der Waals surface area contributed by atoms with Crippen LogP contribution in [0.2, 0.25) is 0 Å². The van der Waals surface area contributed by atoms with Gasteiger partial charge in [-0.05, 0) is 154 Å². The zero-order valence-electron chi connectivity index (χ0n) is 35.4. The van der Waals surface area contributed by atoms with Crippen molar-refractivity contribution >= 4 is 17.9 Å². The fourth-order valence-electron chi connectivity index (χ4n) is 14.7. The summed E-state index contributed by atoms with van der Waals surface area (Å²) in [6.07, 6.45) is 13.2. The molecule has 1 heterocycles. The molecular formula is C46H74FNO6. The van der Waals surface area contributed by atoms with Crippen molar-refractivity contribution in [1.29, 1.82) is 0 Å². The lowest BCUT2D eigenvalue weighted by Crippen LogP contribution is -2.66. The van der Waals surface area contributed by atoms with Crippen molar-refractivity contribution in [2.24, 2.45) is 62.1 Å². The number of ether oxygens (including phenoxy) is 2. The molecule has 6 fully saturated rings. The fourth-order valence-corrected chi connectivity index (χ4v) is 14.7. The highest BCUT2D eigenvalue weighted by molar-refractivity contribution is 5.73. The molecule has 0 radical (unpaired) electrons. The molecule has 0 aromatic rings. The topological polar surface area (TPSA) is 93.1 Å². The van der Waals surface area contributed by atoms with Crippen molar-refractivity contribution in [3.63, 3.8) is 0 Å². The number of carboxylic acid groups (broad SMARTS) is 1. The highest BCUT2D eigenvalue weighted by Crippen LogP contribution is 2.78. The fraction of sp³-hybridized carbons (Fsp3) is 0.891. The second-order valence-electron chi connectivity index (χ2n) is 22.0. The van der Waals surface area contributed by atoms with E-state index >= 15 is 0 Å². The van der Waals surface area contributed by atoms with Gasteiger partial charge in [-0.2, -0.15) is 0 Å². The van der Waals surface area contributed by atoms with Crippen LogP contribution in [0.15, 0.2) is 12.2 Å². The van der Waals surface area contributed by atoms with Gasteiger partial charge in [0.1, 0.15) is 11.8 Å². The predicted octanol–water partition coefficient (Wildman–Crippen LogP) is 10.2. The zero-order chi connectivity index (χ0) is 39.7. The van der Waals surface area contributed by atoms with Crippen molar-refractivity contribution in [2.45, 2.75) is 170 Å². The van der Waals surface area contributed by atoms with Crippen LogP contribution in [0.3, 0.4) is 0 Å². The molecule has 6 rings (SSSR count). The lowest BCUT2D eigenvalue weighted by Gasteiger charge is -2.73. The third kappa shape index (κ3) is 7.34. The van der Waals surface area contributed by atoms with E-state index in [1.165, 1.54) is 50.5 Å². The monoisotopic (exact) mass is 756 g/mol. The molecule has 10 atom stereocenters. The lowest BCUT2D eigenvalue weighted by atomic mass is 9.32. The highest BCUT2D eigenvalue weighted by atomic mass is 19.1. The minimum atomic E-state index is -1.13. The number of fused-ring (bicyclic) bond motifs is 7. The van der Waals surface area contributed by atoms with E-state index in [0.717, 1.165) is 25.7 Å². The van der Waals surface area contributed by atoms with Gasteiger partial charge in [-0.1, -0.05) is 60.6 Å². The summed E-state index contributed by atoms with van der Waals surface area (Å²) >= 11 is 0. The smallest absolute Gasteiger partial charge is 0.320 e. The molecule has 5 saturated carbocycles. The first-order chi connectivity index (χ1) is 25.0. The average Bonchev–Trinajstić information content (AvgIpc) is 3.43. The summed E-state index contributed by atoms with van der Waals surface area (Å²) in [5, 5.41) is 9.35. The van der Waals surface area contributed by atoms with Gasteiger partial charge in [0.25, 0.3) is 0 Å². The largest absolute Gasteiger partial charge is 0.481 e. The van der Waals surface area contributed by atoms with E-state index < -0.39 is 17.1 Å². The van der Waals surface area contributed by atoms with Crippen molar-refractivity contribution in [3.05, 3.63) is 12.2 Å². The molecule has 5 aliphatic carbocycles. The number of nitrogens with zero attached hydrogens (tertiary/aromatic N) is 1. The number of aliphatic carboxylic acids is 1. The summed E-state index contributed by atoms with van der Waals surface area (Å²) in [6.45, 7) is 26.6. The predicted molar refractivity (Wildman–Crippen MR) is 210 cm³/mol. The van der Waals surface area contributed by atoms with E-state index in [4.69, 9.17) is 9.47 Å². The number of hydrogen-bond donors (Lipinski definition) is 1. The number of hydrogen-bond acceptors (Lipinski definition) is 6. The maximum atomic E-state index is 14.3. The first-order valence-corrected chi connectivity index (χ1v) is 21.6. The summed E-state index contributed by atoms with van der Waals surface area (Å²) in [7, 11) is 0. The summed E-state index contributed by atoms with van der Waals surface area (Å²) in [4.78, 5) is 39.7. The molecule has 306 valence electrons. The maximum absolute atomic E-state index is 14.3. The van der Waals surface area contributed by atoms with E-state index in [1.807, 2.05) is 18.7 Å². The van der Waals surface area contributed by atoms with Crippen molar-refractivity contribution in [2.75, 3.05) is 26.2 Å². The molecule has 0 amide bonds. The van der Waals surface area contributed by atoms with Crippen LogP contribution in [0, 0.1) is 62.1 Å². The third-order valence-corrected chi connectivity index (χ3v) is 17.8. The molecule has 1 saturated heterocycles. The Bertz CT molecular complexity index is 1460. The molecule has 0 aromatic heterocycles. The molecule has 1 N–H and O–H groups in total. The summed E-state index contributed by atoms with van der Waals surface area (Å²) in [6, 6.07) is 0. The van der Waals surface area contributed by atoms with Gasteiger partial charge in [0.05, 0.1) is 26.0 Å². The number of alkyl halides is 1. The maximum Gasteiger partial charge on any atom is 0.320 e. The molecule has 7 nitrogen and oxygen atoms in total. The minimum Gasteiger partial charge on any atom is -0.481 e. The highest BCUT2D eigenvalue weighted by Gasteiger charge is 2.71. The SMILES string of the molecule is C=C(C)[C@@H]1CC[C@]2(CCOC(=O)CN3CCC(C)(F)CC3)CC[C@]3(C)[C@H](CC[C@@H]4[C@@]5(C)CC[C@H](OC(=O)CC(C)(C)CC(=O)O)C(C)(C)[C@@H]5CC[C@]43C)[C@@H]12. The first kappa shape index (κ1) is 41.7. The number of carbonyl (C=O) groups excluding carboxylic acids is 2. The minimum absolute atomic E-state index is 0.0541. The molecule has 1 aliphatic heterocycles. The Morgan fingerprint density at radius 2 is 1.50 bits per heavy atom. The van der Waals surface area contributed by atoms with Crippen LogP contribution in [0.5, 0.6) is 0 Å². The Morgan fingerprint density at radius 1 is 0.815 bits per heavy atom. The number of allylic oxidation sites excluding steroid dienone is 1. The molecule has 8 heteroatoms. The zero-order valence-corrected chi connectivity index (χ0v) is 35.4. The van der Waals surface area contributed by atoms with Crippen LogP contribution in [0.1, 0.15) is 159 Å². The van der Waals surface area contributed by atoms with Gasteiger partial charge in [0.15, 0.2) is 0 Å². The molecule has 0 bridgehead atoms. The Morgan fingerprint density at radius 3 is 2.15 bits per heavy atom. The Kier molecular flexibility index (Phi) is 11.2. The van der Waals surface area contributed by atoms with Crippen LogP contribution < -0.4 is 0 Å². The summed E-state index contributed by atoms with van der Waals surface area (Å²) < 4.78 is 26.6. The Hall–Kier alpha value is -1.96. The van der Waals surface area contributed by atoms with Gasteiger partial charge < -0.3 is 14.6 Å². The van der Waals surface area contributed by atoms with E-state index in [2.05, 4.69) is 48.1 Å². The number of halogens is 1. The van der Waals surface area contributed by atoms with E-state index in [0.29, 0.717) is 62.1 Å². The molecule has 0 spiro atoms. The van der Waals surface area contributed by atoms with Gasteiger partial charge in [0.2, 0.25) is 0 Å². The summed E-state index contributed by atoms with van der Waals surface area (Å²) in [5.41, 5.74) is 0.100. The van der Waals surface area contributed by atoms with Gasteiger partial charge in [-0.25, -0.2) is 4.39 Å². The first-order valence-electron chi connectivity index (χ1n) is 21.6. The standard InChI is InChI=1S/C46H74FNO6/c1-30(2)31-13-18-46(23-26-53-38(52)29-48-24-21-42(7,47)22-25-48)20-19-44(9)32(39(31)46)11-12-34-43(8)16-15-35(41(5,6)33(43)14-17-45(34,44)10)54-37(51)28-40(3,4)27-36(49)50/h31-35,39H,1,11-29H2,2-10H3,(H,49,50)/t31-,32+,33-,34+,35-,39+,43-,44+,45+,46+/m0/s1. The van der Waals surface area contributed by atoms with Gasteiger partial charge in [0, 0.05) is 18.5 Å². The van der Waals surface area contributed by atoms with Crippen LogP contribution in [0.4, 0.5) is 4.39 Å². The molecular weight excluding hydrogens is 682 g/mol. The number of piperidine rings is 1. The van der Waals surface area contributed by atoms with E-state index in [9.17, 15) is 23.9 Å². The van der Waals surface area contributed by atoms with Crippen molar-refractivity contribution in [3.8, 4) is 0 Å². The molecule has 0 aromatic carbocycles. The van der Waals surface area contributed by atoms with E-state index in [-0.39, 0.29) is 64.5 Å². The van der Waals surface area contributed by atoms with Crippen LogP contribution >= 0.6 is 0 Å². The normalized spacial score (nSPS) is 41.4. The number of likely N-dealkylation sites (tertiary alicyclic amines) is 1. The number of carboxylic acids is 1. The van der Waals surface area contributed by atoms with Crippen LogP contribution in [-0.4, -0.2) is 65.9 Å². The second-order valence-corrected chi connectivity index (χ2v) is 22.0. The van der Waals surface area contributed by atoms with Gasteiger partial charge in [-0.3, -0.25) is 19.3 Å². The third-order valence-electron chi connectivity index (χ3n) is 17.8. The molecule has 0 unspecified atom stereocenters.